The molecule has 0 unspecified atom stereocenters. The predicted octanol–water partition coefficient (Wildman–Crippen LogP) is 4.26. The summed E-state index contributed by atoms with van der Waals surface area (Å²) >= 11 is 11.6. The molecule has 0 saturated heterocycles. The first-order chi connectivity index (χ1) is 10.1. The third kappa shape index (κ3) is 4.41. The summed E-state index contributed by atoms with van der Waals surface area (Å²) in [4.78, 5) is 6.12. The zero-order chi connectivity index (χ0) is 15.2. The molecule has 0 amide bonds. The van der Waals surface area contributed by atoms with Gasteiger partial charge in [-0.05, 0) is 61.5 Å². The molecule has 110 valence electrons. The van der Waals surface area contributed by atoms with Crippen molar-refractivity contribution in [2.45, 2.75) is 20.4 Å². The lowest BCUT2D eigenvalue weighted by molar-refractivity contribution is 0.442. The Labute approximate surface area is 136 Å². The van der Waals surface area contributed by atoms with E-state index in [1.54, 1.807) is 12.4 Å². The third-order valence-corrected chi connectivity index (χ3v) is 3.98. The Morgan fingerprint density at radius 1 is 1.29 bits per heavy atom. The van der Waals surface area contributed by atoms with E-state index >= 15 is 0 Å². The number of benzene rings is 1. The largest absolute Gasteiger partial charge is 0.345 e. The highest BCUT2D eigenvalue weighted by molar-refractivity contribution is 7.80. The molecule has 2 rings (SSSR count). The molecule has 2 aromatic rings. The minimum Gasteiger partial charge on any atom is -0.345 e. The smallest absolute Gasteiger partial charge is 0.173 e. The minimum absolute atomic E-state index is 0.689. The summed E-state index contributed by atoms with van der Waals surface area (Å²) in [5, 5.41) is 4.66. The van der Waals surface area contributed by atoms with Gasteiger partial charge < -0.3 is 10.2 Å². The van der Waals surface area contributed by atoms with E-state index in [9.17, 15) is 0 Å². The van der Waals surface area contributed by atoms with Crippen molar-refractivity contribution < 1.29 is 0 Å². The van der Waals surface area contributed by atoms with Crippen molar-refractivity contribution in [2.75, 3.05) is 11.9 Å². The van der Waals surface area contributed by atoms with Gasteiger partial charge in [0, 0.05) is 36.2 Å². The van der Waals surface area contributed by atoms with Crippen molar-refractivity contribution >= 4 is 34.6 Å². The van der Waals surface area contributed by atoms with E-state index in [2.05, 4.69) is 22.1 Å². The van der Waals surface area contributed by atoms with Crippen LogP contribution in [0.4, 0.5) is 5.69 Å². The van der Waals surface area contributed by atoms with Crippen LogP contribution < -0.4 is 5.32 Å². The Bertz CT molecular complexity index is 616. The van der Waals surface area contributed by atoms with Gasteiger partial charge >= 0.3 is 0 Å². The highest BCUT2D eigenvalue weighted by Gasteiger charge is 2.09. The van der Waals surface area contributed by atoms with Crippen LogP contribution in [0.5, 0.6) is 0 Å². The van der Waals surface area contributed by atoms with E-state index in [0.29, 0.717) is 5.11 Å². The van der Waals surface area contributed by atoms with Crippen molar-refractivity contribution in [2.24, 2.45) is 0 Å². The average molecular weight is 320 g/mol. The Kier molecular flexibility index (Phi) is 5.53. The minimum atomic E-state index is 0.689. The van der Waals surface area contributed by atoms with Crippen LogP contribution >= 0.6 is 23.8 Å². The van der Waals surface area contributed by atoms with E-state index < -0.39 is 0 Å². The molecule has 1 aromatic heterocycles. The lowest BCUT2D eigenvalue weighted by Gasteiger charge is -2.24. The normalized spacial score (nSPS) is 10.2. The van der Waals surface area contributed by atoms with Crippen molar-refractivity contribution in [1.82, 2.24) is 9.88 Å². The fraction of sp³-hybridized carbons (Fsp3) is 0.250. The number of anilines is 1. The summed E-state index contributed by atoms with van der Waals surface area (Å²) < 4.78 is 0. The number of thiocarbonyl (C=S) groups is 1. The highest BCUT2D eigenvalue weighted by atomic mass is 35.5. The molecule has 3 nitrogen and oxygen atoms in total. The second-order valence-corrected chi connectivity index (χ2v) is 5.56. The summed E-state index contributed by atoms with van der Waals surface area (Å²) in [7, 11) is 0. The first kappa shape index (κ1) is 15.7. The van der Waals surface area contributed by atoms with Crippen molar-refractivity contribution in [1.29, 1.82) is 0 Å². The monoisotopic (exact) mass is 319 g/mol. The number of nitrogens with zero attached hydrogens (tertiary/aromatic N) is 2. The highest BCUT2D eigenvalue weighted by Crippen LogP contribution is 2.20. The zero-order valence-electron chi connectivity index (χ0n) is 12.1. The van der Waals surface area contributed by atoms with E-state index in [-0.39, 0.29) is 0 Å². The van der Waals surface area contributed by atoms with Gasteiger partial charge in [-0.1, -0.05) is 17.7 Å². The Balaban J connectivity index is 2.04. The summed E-state index contributed by atoms with van der Waals surface area (Å²) in [5.41, 5.74) is 3.14. The molecule has 0 bridgehead atoms. The second kappa shape index (κ2) is 7.38. The number of hydrogen-bond acceptors (Lipinski definition) is 2. The van der Waals surface area contributed by atoms with Crippen molar-refractivity contribution in [3.63, 3.8) is 0 Å². The quantitative estimate of drug-likeness (QED) is 0.852. The third-order valence-electron chi connectivity index (χ3n) is 3.21. The van der Waals surface area contributed by atoms with Gasteiger partial charge in [-0.2, -0.15) is 0 Å². The average Bonchev–Trinajstić information content (AvgIpc) is 2.49. The predicted molar refractivity (Wildman–Crippen MR) is 92.7 cm³/mol. The van der Waals surface area contributed by atoms with Gasteiger partial charge in [-0.3, -0.25) is 4.98 Å². The van der Waals surface area contributed by atoms with Crippen LogP contribution in [0.2, 0.25) is 5.02 Å². The Morgan fingerprint density at radius 2 is 2.00 bits per heavy atom. The van der Waals surface area contributed by atoms with Gasteiger partial charge in [0.15, 0.2) is 5.11 Å². The van der Waals surface area contributed by atoms with Gasteiger partial charge in [0.25, 0.3) is 0 Å². The van der Waals surface area contributed by atoms with Gasteiger partial charge in [0.05, 0.1) is 0 Å². The van der Waals surface area contributed by atoms with Crippen LogP contribution in [0.25, 0.3) is 0 Å². The fourth-order valence-electron chi connectivity index (χ4n) is 1.91. The Morgan fingerprint density at radius 3 is 2.62 bits per heavy atom. The first-order valence-corrected chi connectivity index (χ1v) is 7.59. The number of rotatable bonds is 4. The van der Waals surface area contributed by atoms with Crippen LogP contribution in [-0.2, 0) is 6.54 Å². The maximum atomic E-state index is 6.14. The van der Waals surface area contributed by atoms with E-state index in [0.717, 1.165) is 29.4 Å². The number of halogens is 1. The molecular weight excluding hydrogens is 302 g/mol. The maximum absolute atomic E-state index is 6.14. The second-order valence-electron chi connectivity index (χ2n) is 4.76. The molecule has 0 atom stereocenters. The molecule has 1 N–H and O–H groups in total. The fourth-order valence-corrected chi connectivity index (χ4v) is 2.40. The molecule has 0 aliphatic rings. The topological polar surface area (TPSA) is 28.2 Å². The van der Waals surface area contributed by atoms with Crippen LogP contribution in [0.3, 0.4) is 0 Å². The number of nitrogens with one attached hydrogen (secondary N) is 1. The molecule has 0 spiro atoms. The Hall–Kier alpha value is -1.65. The van der Waals surface area contributed by atoms with Gasteiger partial charge in [-0.15, -0.1) is 0 Å². The van der Waals surface area contributed by atoms with Gasteiger partial charge in [-0.25, -0.2) is 0 Å². The number of pyridine rings is 1. The zero-order valence-corrected chi connectivity index (χ0v) is 13.7. The number of hydrogen-bond donors (Lipinski definition) is 1. The van der Waals surface area contributed by atoms with E-state index in [1.807, 2.05) is 37.3 Å². The summed E-state index contributed by atoms with van der Waals surface area (Å²) in [6, 6.07) is 9.84. The molecule has 1 aromatic carbocycles. The molecular formula is C16H18ClN3S. The molecule has 0 aliphatic heterocycles. The van der Waals surface area contributed by atoms with Crippen LogP contribution in [-0.4, -0.2) is 21.5 Å². The van der Waals surface area contributed by atoms with Crippen LogP contribution in [0.1, 0.15) is 18.1 Å². The summed E-state index contributed by atoms with van der Waals surface area (Å²) in [6.45, 7) is 5.64. The lowest BCUT2D eigenvalue weighted by Crippen LogP contribution is -2.34. The van der Waals surface area contributed by atoms with Crippen molar-refractivity contribution in [3.05, 3.63) is 58.9 Å². The molecule has 0 radical (unpaired) electrons. The molecule has 0 saturated carbocycles. The first-order valence-electron chi connectivity index (χ1n) is 6.81. The van der Waals surface area contributed by atoms with E-state index in [1.165, 1.54) is 5.56 Å². The maximum Gasteiger partial charge on any atom is 0.173 e. The number of aromatic nitrogens is 1. The standard InChI is InChI=1S/C16H18ClN3S/c1-3-20(11-13-6-8-18-9-7-13)16(21)19-14-5-4-12(2)15(17)10-14/h4-10H,3,11H2,1-2H3,(H,19,21). The molecule has 0 fully saturated rings. The summed E-state index contributed by atoms with van der Waals surface area (Å²) in [6.07, 6.45) is 3.58. The molecule has 21 heavy (non-hydrogen) atoms. The molecule has 1 heterocycles. The van der Waals surface area contributed by atoms with Crippen LogP contribution in [0, 0.1) is 6.92 Å². The van der Waals surface area contributed by atoms with Crippen LogP contribution in [0.15, 0.2) is 42.7 Å². The lowest BCUT2D eigenvalue weighted by atomic mass is 10.2. The number of aryl methyl sites for hydroxylation is 1. The van der Waals surface area contributed by atoms with Crippen molar-refractivity contribution in [3.8, 4) is 0 Å². The van der Waals surface area contributed by atoms with Gasteiger partial charge in [0.2, 0.25) is 0 Å². The van der Waals surface area contributed by atoms with E-state index in [4.69, 9.17) is 23.8 Å². The molecule has 5 heteroatoms. The molecule has 0 aliphatic carbocycles. The van der Waals surface area contributed by atoms with Gasteiger partial charge in [0.1, 0.15) is 0 Å². The summed E-state index contributed by atoms with van der Waals surface area (Å²) in [5.74, 6) is 0. The SMILES string of the molecule is CCN(Cc1ccncc1)C(=S)Nc1ccc(C)c(Cl)c1.